The van der Waals surface area contributed by atoms with E-state index < -0.39 is 10.0 Å². The van der Waals surface area contributed by atoms with Crippen LogP contribution in [0.3, 0.4) is 0 Å². The van der Waals surface area contributed by atoms with Crippen molar-refractivity contribution in [3.8, 4) is 11.5 Å². The summed E-state index contributed by atoms with van der Waals surface area (Å²) >= 11 is 0. The molecule has 1 fully saturated rings. The van der Waals surface area contributed by atoms with Crippen LogP contribution in [0.2, 0.25) is 0 Å². The Bertz CT molecular complexity index is 1110. The lowest BCUT2D eigenvalue weighted by Crippen LogP contribution is -2.23. The quantitative estimate of drug-likeness (QED) is 0.656. The summed E-state index contributed by atoms with van der Waals surface area (Å²) in [6.45, 7) is 0.660. The Kier molecular flexibility index (Phi) is 5.22. The lowest BCUT2D eigenvalue weighted by molar-refractivity contribution is -0.117. The van der Waals surface area contributed by atoms with E-state index in [1.54, 1.807) is 53.4 Å². The molecule has 3 aromatic rings. The van der Waals surface area contributed by atoms with Crippen LogP contribution in [-0.4, -0.2) is 20.9 Å². The lowest BCUT2D eigenvalue weighted by Gasteiger charge is -2.16. The maximum atomic E-state index is 12.9. The van der Waals surface area contributed by atoms with Crippen LogP contribution < -0.4 is 14.4 Å². The van der Waals surface area contributed by atoms with Gasteiger partial charge >= 0.3 is 0 Å². The molecule has 148 valence electrons. The van der Waals surface area contributed by atoms with Gasteiger partial charge in [0.2, 0.25) is 5.91 Å². The summed E-state index contributed by atoms with van der Waals surface area (Å²) in [5.74, 6) is 1.08. The zero-order valence-corrected chi connectivity index (χ0v) is 16.4. The minimum Gasteiger partial charge on any atom is -0.455 e. The van der Waals surface area contributed by atoms with Gasteiger partial charge < -0.3 is 9.64 Å². The number of nitrogens with one attached hydrogen (secondary N) is 1. The molecule has 0 aliphatic carbocycles. The van der Waals surface area contributed by atoms with Gasteiger partial charge in [0.25, 0.3) is 10.0 Å². The van der Waals surface area contributed by atoms with Crippen molar-refractivity contribution < 1.29 is 17.9 Å². The van der Waals surface area contributed by atoms with Crippen LogP contribution in [0.4, 0.5) is 11.4 Å². The average Bonchev–Trinajstić information content (AvgIpc) is 3.16. The van der Waals surface area contributed by atoms with Gasteiger partial charge in [-0.3, -0.25) is 9.52 Å². The smallest absolute Gasteiger partial charge is 0.262 e. The molecule has 0 radical (unpaired) electrons. The van der Waals surface area contributed by atoms with Crippen molar-refractivity contribution in [2.75, 3.05) is 16.2 Å². The molecule has 3 aromatic carbocycles. The number of nitrogens with zero attached hydrogens (tertiary/aromatic N) is 1. The second kappa shape index (κ2) is 7.97. The number of carbonyl (C=O) groups is 1. The fourth-order valence-corrected chi connectivity index (χ4v) is 4.26. The fourth-order valence-electron chi connectivity index (χ4n) is 3.19. The second-order valence-electron chi connectivity index (χ2n) is 6.66. The third kappa shape index (κ3) is 4.25. The van der Waals surface area contributed by atoms with Crippen LogP contribution >= 0.6 is 0 Å². The minimum atomic E-state index is -3.82. The highest BCUT2D eigenvalue weighted by atomic mass is 32.2. The minimum absolute atomic E-state index is 0.0609. The molecular weight excluding hydrogens is 388 g/mol. The van der Waals surface area contributed by atoms with E-state index in [0.717, 1.165) is 6.42 Å². The van der Waals surface area contributed by atoms with Gasteiger partial charge in [0.15, 0.2) is 5.75 Å². The number of amides is 1. The molecule has 6 nitrogen and oxygen atoms in total. The highest BCUT2D eigenvalue weighted by molar-refractivity contribution is 7.92. The second-order valence-corrected chi connectivity index (χ2v) is 8.34. The Balaban J connectivity index is 1.55. The molecule has 29 heavy (non-hydrogen) atoms. The summed E-state index contributed by atoms with van der Waals surface area (Å²) in [6.07, 6.45) is 1.35. The summed E-state index contributed by atoms with van der Waals surface area (Å²) in [5.41, 5.74) is 1.05. The van der Waals surface area contributed by atoms with E-state index in [9.17, 15) is 13.2 Å². The van der Waals surface area contributed by atoms with Crippen molar-refractivity contribution in [3.63, 3.8) is 0 Å². The summed E-state index contributed by atoms with van der Waals surface area (Å²) in [4.78, 5) is 13.7. The van der Waals surface area contributed by atoms with Gasteiger partial charge in [-0.25, -0.2) is 8.42 Å². The predicted octanol–water partition coefficient (Wildman–Crippen LogP) is 4.41. The molecule has 4 rings (SSSR count). The van der Waals surface area contributed by atoms with Crippen molar-refractivity contribution in [2.24, 2.45) is 0 Å². The molecule has 1 saturated heterocycles. The Morgan fingerprint density at radius 3 is 2.24 bits per heavy atom. The van der Waals surface area contributed by atoms with Crippen LogP contribution in [0, 0.1) is 0 Å². The molecule has 0 atom stereocenters. The van der Waals surface area contributed by atoms with Gasteiger partial charge in [-0.05, 0) is 55.0 Å². The van der Waals surface area contributed by atoms with Gasteiger partial charge in [0.05, 0.1) is 10.6 Å². The monoisotopic (exact) mass is 408 g/mol. The summed E-state index contributed by atoms with van der Waals surface area (Å²) in [6, 6.07) is 22.3. The number of ether oxygens (including phenoxy) is 1. The standard InChI is InChI=1S/C22H20N2O4S/c25-22-11-6-16-24(22)17-12-14-19(15-13-17)29(26,27)23-20-9-4-5-10-21(20)28-18-7-2-1-3-8-18/h1-5,7-10,12-15,23H,6,11,16H2. The summed E-state index contributed by atoms with van der Waals surface area (Å²) in [7, 11) is -3.82. The average molecular weight is 408 g/mol. The number of benzene rings is 3. The first kappa shape index (κ1) is 19.0. The normalized spacial score (nSPS) is 14.1. The maximum Gasteiger partial charge on any atom is 0.262 e. The van der Waals surface area contributed by atoms with Crippen LogP contribution in [-0.2, 0) is 14.8 Å². The van der Waals surface area contributed by atoms with E-state index in [1.807, 2.05) is 18.2 Å². The molecule has 1 heterocycles. The van der Waals surface area contributed by atoms with Gasteiger partial charge in [-0.2, -0.15) is 0 Å². The van der Waals surface area contributed by atoms with Crippen LogP contribution in [0.1, 0.15) is 12.8 Å². The number of rotatable bonds is 6. The van der Waals surface area contributed by atoms with Gasteiger partial charge in [-0.1, -0.05) is 30.3 Å². The molecule has 7 heteroatoms. The van der Waals surface area contributed by atoms with Crippen LogP contribution in [0.25, 0.3) is 0 Å². The Labute approximate surface area is 169 Å². The third-order valence-corrected chi connectivity index (χ3v) is 6.02. The summed E-state index contributed by atoms with van der Waals surface area (Å²) in [5, 5.41) is 0. The molecule has 0 unspecified atom stereocenters. The largest absolute Gasteiger partial charge is 0.455 e. The zero-order valence-electron chi connectivity index (χ0n) is 15.6. The number of sulfonamides is 1. The van der Waals surface area contributed by atoms with E-state index in [-0.39, 0.29) is 10.8 Å². The number of para-hydroxylation sites is 3. The van der Waals surface area contributed by atoms with Gasteiger partial charge in [-0.15, -0.1) is 0 Å². The molecule has 1 amide bonds. The van der Waals surface area contributed by atoms with E-state index in [1.165, 1.54) is 12.1 Å². The maximum absolute atomic E-state index is 12.9. The molecule has 0 saturated carbocycles. The number of anilines is 2. The fraction of sp³-hybridized carbons (Fsp3) is 0.136. The van der Waals surface area contributed by atoms with Crippen molar-refractivity contribution in [2.45, 2.75) is 17.7 Å². The predicted molar refractivity (Wildman–Crippen MR) is 112 cm³/mol. The van der Waals surface area contributed by atoms with Crippen molar-refractivity contribution >= 4 is 27.3 Å². The highest BCUT2D eigenvalue weighted by Gasteiger charge is 2.23. The first-order chi connectivity index (χ1) is 14.0. The Morgan fingerprint density at radius 1 is 0.862 bits per heavy atom. The Morgan fingerprint density at radius 2 is 1.55 bits per heavy atom. The van der Waals surface area contributed by atoms with Crippen molar-refractivity contribution in [1.82, 2.24) is 0 Å². The molecule has 1 N–H and O–H groups in total. The highest BCUT2D eigenvalue weighted by Crippen LogP contribution is 2.31. The van der Waals surface area contributed by atoms with Crippen molar-refractivity contribution in [3.05, 3.63) is 78.9 Å². The third-order valence-electron chi connectivity index (χ3n) is 4.63. The molecule has 1 aliphatic rings. The first-order valence-corrected chi connectivity index (χ1v) is 10.8. The number of hydrogen-bond acceptors (Lipinski definition) is 4. The molecular formula is C22H20N2O4S. The van der Waals surface area contributed by atoms with Crippen LogP contribution in [0.15, 0.2) is 83.8 Å². The molecule has 0 aromatic heterocycles. The first-order valence-electron chi connectivity index (χ1n) is 9.28. The van der Waals surface area contributed by atoms with Crippen molar-refractivity contribution in [1.29, 1.82) is 0 Å². The Hall–Kier alpha value is -3.32. The van der Waals surface area contributed by atoms with Gasteiger partial charge in [0.1, 0.15) is 5.75 Å². The topological polar surface area (TPSA) is 75.7 Å². The molecule has 0 bridgehead atoms. The summed E-state index contributed by atoms with van der Waals surface area (Å²) < 4.78 is 34.1. The lowest BCUT2D eigenvalue weighted by atomic mass is 10.3. The van der Waals surface area contributed by atoms with E-state index in [2.05, 4.69) is 4.72 Å². The van der Waals surface area contributed by atoms with Gasteiger partial charge in [0, 0.05) is 18.7 Å². The molecule has 1 aliphatic heterocycles. The zero-order chi connectivity index (χ0) is 20.3. The van der Waals surface area contributed by atoms with Crippen LogP contribution in [0.5, 0.6) is 11.5 Å². The van der Waals surface area contributed by atoms with E-state index in [4.69, 9.17) is 4.74 Å². The molecule has 0 spiro atoms. The number of carbonyl (C=O) groups excluding carboxylic acids is 1. The van der Waals surface area contributed by atoms with E-state index in [0.29, 0.717) is 35.8 Å². The van der Waals surface area contributed by atoms with E-state index >= 15 is 0 Å². The SMILES string of the molecule is O=C1CCCN1c1ccc(S(=O)(=O)Nc2ccccc2Oc2ccccc2)cc1. The number of hydrogen-bond donors (Lipinski definition) is 1.